The molecule has 0 saturated carbocycles. The molecule has 0 saturated heterocycles. The van der Waals surface area contributed by atoms with Crippen molar-refractivity contribution in [2.75, 3.05) is 11.9 Å². The Balaban J connectivity index is 1.91. The van der Waals surface area contributed by atoms with Gasteiger partial charge in [0.1, 0.15) is 6.04 Å². The van der Waals surface area contributed by atoms with Crippen molar-refractivity contribution in [2.24, 2.45) is 4.99 Å². The summed E-state index contributed by atoms with van der Waals surface area (Å²) in [4.78, 5) is 44.5. The summed E-state index contributed by atoms with van der Waals surface area (Å²) >= 11 is 1.52. The van der Waals surface area contributed by atoms with Gasteiger partial charge in [-0.25, -0.2) is 4.99 Å². The molecule has 152 valence electrons. The summed E-state index contributed by atoms with van der Waals surface area (Å²) in [6.07, 6.45) is -0.0418. The maximum atomic E-state index is 13.0. The lowest BCUT2D eigenvalue weighted by atomic mass is 10.1. The normalized spacial score (nSPS) is 17.1. The summed E-state index contributed by atoms with van der Waals surface area (Å²) in [5, 5.41) is 7.27. The number of rotatable bonds is 6. The number of nitrogens with zero attached hydrogens (tertiary/aromatic N) is 2. The number of para-hydroxylation sites is 1. The summed E-state index contributed by atoms with van der Waals surface area (Å²) in [7, 11) is 1.67. The van der Waals surface area contributed by atoms with E-state index in [4.69, 9.17) is 0 Å². The van der Waals surface area contributed by atoms with Crippen LogP contribution in [0, 0.1) is 0 Å². The molecule has 1 aromatic carbocycles. The SMILES string of the molecule is CCCC(=O)N[C@@H](C)C(=O)NC1N=C(c2cccs2)c2ccccc2N(C)C1=O. The highest BCUT2D eigenvalue weighted by Gasteiger charge is 2.32. The van der Waals surface area contributed by atoms with Gasteiger partial charge in [0.2, 0.25) is 18.0 Å². The van der Waals surface area contributed by atoms with Crippen molar-refractivity contribution < 1.29 is 14.4 Å². The van der Waals surface area contributed by atoms with Crippen molar-refractivity contribution in [3.8, 4) is 0 Å². The van der Waals surface area contributed by atoms with Crippen LogP contribution in [0.1, 0.15) is 37.1 Å². The summed E-state index contributed by atoms with van der Waals surface area (Å²) < 4.78 is 0. The standard InChI is InChI=1S/C21H24N4O3S/c1-4-8-17(26)22-13(2)20(27)24-19-21(28)25(3)15-10-6-5-9-14(15)18(23-19)16-11-7-12-29-16/h5-7,9-13,19H,4,8H2,1-3H3,(H,22,26)(H,24,27)/t13-,19?/m0/s1. The van der Waals surface area contributed by atoms with Gasteiger partial charge in [-0.2, -0.15) is 0 Å². The highest BCUT2D eigenvalue weighted by Crippen LogP contribution is 2.28. The first-order valence-corrected chi connectivity index (χ1v) is 10.4. The molecule has 2 heterocycles. The Labute approximate surface area is 173 Å². The highest BCUT2D eigenvalue weighted by molar-refractivity contribution is 7.12. The van der Waals surface area contributed by atoms with E-state index in [9.17, 15) is 14.4 Å². The number of carbonyl (C=O) groups is 3. The summed E-state index contributed by atoms with van der Waals surface area (Å²) in [6, 6.07) is 10.6. The molecule has 1 aliphatic rings. The maximum Gasteiger partial charge on any atom is 0.272 e. The average molecular weight is 413 g/mol. The molecule has 2 N–H and O–H groups in total. The average Bonchev–Trinajstić information content (AvgIpc) is 3.21. The van der Waals surface area contributed by atoms with E-state index >= 15 is 0 Å². The van der Waals surface area contributed by atoms with Crippen LogP contribution in [-0.4, -0.2) is 42.7 Å². The predicted octanol–water partition coefficient (Wildman–Crippen LogP) is 2.31. The minimum absolute atomic E-state index is 0.199. The molecule has 2 atom stereocenters. The zero-order valence-electron chi connectivity index (χ0n) is 16.6. The van der Waals surface area contributed by atoms with Crippen molar-refractivity contribution >= 4 is 40.5 Å². The van der Waals surface area contributed by atoms with Crippen molar-refractivity contribution in [3.05, 3.63) is 52.2 Å². The quantitative estimate of drug-likeness (QED) is 0.763. The number of benzodiazepines with no additional fused rings is 1. The molecule has 0 spiro atoms. The molecule has 8 heteroatoms. The monoisotopic (exact) mass is 412 g/mol. The van der Waals surface area contributed by atoms with Crippen LogP contribution in [0.25, 0.3) is 0 Å². The van der Waals surface area contributed by atoms with Gasteiger partial charge in [0, 0.05) is 19.0 Å². The van der Waals surface area contributed by atoms with Crippen molar-refractivity contribution in [3.63, 3.8) is 0 Å². The fourth-order valence-corrected chi connectivity index (χ4v) is 3.83. The Kier molecular flexibility index (Phi) is 6.43. The fraction of sp³-hybridized carbons (Fsp3) is 0.333. The number of carbonyl (C=O) groups excluding carboxylic acids is 3. The number of amides is 3. The molecule has 1 unspecified atom stereocenters. The number of nitrogens with one attached hydrogen (secondary N) is 2. The molecule has 1 aromatic heterocycles. The molecule has 7 nitrogen and oxygen atoms in total. The number of aliphatic imine (C=N–C) groups is 1. The lowest BCUT2D eigenvalue weighted by molar-refractivity contribution is -0.130. The van der Waals surface area contributed by atoms with Crippen LogP contribution in [0.15, 0.2) is 46.8 Å². The molecule has 2 aromatic rings. The molecule has 1 aliphatic heterocycles. The van der Waals surface area contributed by atoms with Gasteiger partial charge in [-0.05, 0) is 30.9 Å². The summed E-state index contributed by atoms with van der Waals surface area (Å²) in [5.41, 5.74) is 2.21. The first kappa shape index (κ1) is 20.7. The molecule has 3 rings (SSSR count). The second-order valence-electron chi connectivity index (χ2n) is 6.82. The van der Waals surface area contributed by atoms with E-state index in [0.717, 1.165) is 16.1 Å². The third kappa shape index (κ3) is 4.54. The van der Waals surface area contributed by atoms with Gasteiger partial charge in [-0.3, -0.25) is 14.4 Å². The summed E-state index contributed by atoms with van der Waals surface area (Å²) in [6.45, 7) is 3.48. The zero-order chi connectivity index (χ0) is 21.0. The van der Waals surface area contributed by atoms with E-state index in [1.165, 1.54) is 16.2 Å². The lowest BCUT2D eigenvalue weighted by Crippen LogP contribution is -2.52. The predicted molar refractivity (Wildman–Crippen MR) is 114 cm³/mol. The summed E-state index contributed by atoms with van der Waals surface area (Å²) in [5.74, 6) is -1.000. The zero-order valence-corrected chi connectivity index (χ0v) is 17.5. The van der Waals surface area contributed by atoms with Gasteiger partial charge in [0.05, 0.1) is 16.3 Å². The van der Waals surface area contributed by atoms with Crippen molar-refractivity contribution in [1.29, 1.82) is 0 Å². The van der Waals surface area contributed by atoms with Gasteiger partial charge >= 0.3 is 0 Å². The van der Waals surface area contributed by atoms with Crippen LogP contribution < -0.4 is 15.5 Å². The maximum absolute atomic E-state index is 13.0. The number of thiophene rings is 1. The van der Waals surface area contributed by atoms with Crippen LogP contribution in [-0.2, 0) is 14.4 Å². The van der Waals surface area contributed by atoms with Gasteiger partial charge in [-0.15, -0.1) is 11.3 Å². The Morgan fingerprint density at radius 2 is 2.00 bits per heavy atom. The molecule has 0 fully saturated rings. The van der Waals surface area contributed by atoms with E-state index < -0.39 is 18.1 Å². The van der Waals surface area contributed by atoms with E-state index in [1.54, 1.807) is 14.0 Å². The van der Waals surface area contributed by atoms with E-state index in [0.29, 0.717) is 18.6 Å². The Hall–Kier alpha value is -3.00. The smallest absolute Gasteiger partial charge is 0.272 e. The first-order chi connectivity index (χ1) is 13.9. The minimum Gasteiger partial charge on any atom is -0.345 e. The molecule has 0 aliphatic carbocycles. The van der Waals surface area contributed by atoms with Crippen LogP contribution in [0.2, 0.25) is 0 Å². The molecule has 0 radical (unpaired) electrons. The first-order valence-electron chi connectivity index (χ1n) is 9.50. The van der Waals surface area contributed by atoms with Gasteiger partial charge < -0.3 is 15.5 Å². The van der Waals surface area contributed by atoms with Gasteiger partial charge in [-0.1, -0.05) is 31.2 Å². The Morgan fingerprint density at radius 3 is 2.69 bits per heavy atom. The van der Waals surface area contributed by atoms with Crippen LogP contribution in [0.3, 0.4) is 0 Å². The number of benzene rings is 1. The van der Waals surface area contributed by atoms with Crippen LogP contribution in [0.5, 0.6) is 0 Å². The van der Waals surface area contributed by atoms with E-state index in [-0.39, 0.29) is 11.8 Å². The molecule has 0 bridgehead atoms. The number of likely N-dealkylation sites (N-methyl/N-ethyl adjacent to an activating group) is 1. The van der Waals surface area contributed by atoms with E-state index in [1.807, 2.05) is 48.7 Å². The second kappa shape index (κ2) is 9.00. The highest BCUT2D eigenvalue weighted by atomic mass is 32.1. The van der Waals surface area contributed by atoms with E-state index in [2.05, 4.69) is 15.6 Å². The van der Waals surface area contributed by atoms with Crippen molar-refractivity contribution in [2.45, 2.75) is 38.9 Å². The van der Waals surface area contributed by atoms with Gasteiger partial charge in [0.25, 0.3) is 5.91 Å². The van der Waals surface area contributed by atoms with Crippen LogP contribution in [0.4, 0.5) is 5.69 Å². The molecule has 29 heavy (non-hydrogen) atoms. The second-order valence-corrected chi connectivity index (χ2v) is 7.77. The largest absolute Gasteiger partial charge is 0.345 e. The Bertz CT molecular complexity index is 939. The lowest BCUT2D eigenvalue weighted by Gasteiger charge is -2.22. The fourth-order valence-electron chi connectivity index (χ4n) is 3.09. The van der Waals surface area contributed by atoms with Gasteiger partial charge in [0.15, 0.2) is 0 Å². The number of hydrogen-bond donors (Lipinski definition) is 2. The van der Waals surface area contributed by atoms with Crippen LogP contribution >= 0.6 is 11.3 Å². The molecule has 3 amide bonds. The third-order valence-electron chi connectivity index (χ3n) is 4.62. The Morgan fingerprint density at radius 1 is 1.24 bits per heavy atom. The number of hydrogen-bond acceptors (Lipinski definition) is 5. The number of anilines is 1. The van der Waals surface area contributed by atoms with Crippen molar-refractivity contribution in [1.82, 2.24) is 10.6 Å². The minimum atomic E-state index is -1.08. The molecular formula is C21H24N4O3S. The number of fused-ring (bicyclic) bond motifs is 1. The molecular weight excluding hydrogens is 388 g/mol. The third-order valence-corrected chi connectivity index (χ3v) is 5.50. The topological polar surface area (TPSA) is 90.9 Å².